The minimum atomic E-state index is -0.499. The van der Waals surface area contributed by atoms with Gasteiger partial charge in [0.05, 0.1) is 32.2 Å². The molecule has 0 amide bonds. The predicted octanol–water partition coefficient (Wildman–Crippen LogP) is 0.824. The monoisotopic (exact) mass is 257 g/mol. The Bertz CT molecular complexity index is 289. The number of furan rings is 1. The van der Waals surface area contributed by atoms with Gasteiger partial charge in [-0.15, -0.1) is 0 Å². The smallest absolute Gasteiger partial charge is 0.105 e. The van der Waals surface area contributed by atoms with Gasteiger partial charge in [0, 0.05) is 26.1 Å². The van der Waals surface area contributed by atoms with Gasteiger partial charge in [-0.2, -0.15) is 0 Å². The van der Waals surface area contributed by atoms with Crippen LogP contribution in [0.5, 0.6) is 0 Å². The zero-order chi connectivity index (χ0) is 13.2. The van der Waals surface area contributed by atoms with Crippen molar-refractivity contribution in [1.29, 1.82) is 0 Å². The Morgan fingerprint density at radius 1 is 1.44 bits per heavy atom. The fourth-order valence-electron chi connectivity index (χ4n) is 1.56. The summed E-state index contributed by atoms with van der Waals surface area (Å²) in [7, 11) is 1.62. The first-order valence-corrected chi connectivity index (χ1v) is 6.23. The summed E-state index contributed by atoms with van der Waals surface area (Å²) in [4.78, 5) is 0. The lowest BCUT2D eigenvalue weighted by Gasteiger charge is -2.16. The summed E-state index contributed by atoms with van der Waals surface area (Å²) < 4.78 is 15.4. The average molecular weight is 257 g/mol. The first kappa shape index (κ1) is 15.2. The Balaban J connectivity index is 2.04. The molecule has 104 valence electrons. The van der Waals surface area contributed by atoms with Gasteiger partial charge in [-0.05, 0) is 19.1 Å². The largest absolute Gasteiger partial charge is 0.469 e. The van der Waals surface area contributed by atoms with E-state index in [0.29, 0.717) is 26.4 Å². The molecular formula is C13H23NO4. The second-order valence-electron chi connectivity index (χ2n) is 4.31. The molecule has 0 aliphatic heterocycles. The van der Waals surface area contributed by atoms with Gasteiger partial charge in [-0.25, -0.2) is 0 Å². The molecule has 2 atom stereocenters. The lowest BCUT2D eigenvalue weighted by molar-refractivity contribution is 0.0130. The molecule has 0 bridgehead atoms. The van der Waals surface area contributed by atoms with E-state index in [0.717, 1.165) is 12.2 Å². The van der Waals surface area contributed by atoms with E-state index in [1.807, 2.05) is 12.1 Å². The molecule has 2 N–H and O–H groups in total. The van der Waals surface area contributed by atoms with Crippen LogP contribution in [0.25, 0.3) is 0 Å². The zero-order valence-electron chi connectivity index (χ0n) is 11.1. The Morgan fingerprint density at radius 3 is 2.94 bits per heavy atom. The molecule has 1 rings (SSSR count). The Labute approximate surface area is 108 Å². The predicted molar refractivity (Wildman–Crippen MR) is 68.6 cm³/mol. The maximum absolute atomic E-state index is 9.67. The quantitative estimate of drug-likeness (QED) is 0.608. The number of ether oxygens (including phenoxy) is 2. The third-order valence-corrected chi connectivity index (χ3v) is 2.53. The number of methoxy groups -OCH3 is 1. The molecule has 0 aliphatic carbocycles. The van der Waals surface area contributed by atoms with E-state index in [-0.39, 0.29) is 6.04 Å². The van der Waals surface area contributed by atoms with Crippen molar-refractivity contribution in [3.63, 3.8) is 0 Å². The van der Waals surface area contributed by atoms with E-state index < -0.39 is 6.10 Å². The van der Waals surface area contributed by atoms with E-state index in [4.69, 9.17) is 13.9 Å². The molecule has 0 spiro atoms. The highest BCUT2D eigenvalue weighted by Gasteiger charge is 2.09. The molecule has 2 unspecified atom stereocenters. The van der Waals surface area contributed by atoms with Crippen molar-refractivity contribution in [2.75, 3.05) is 33.5 Å². The van der Waals surface area contributed by atoms with Crippen molar-refractivity contribution >= 4 is 0 Å². The van der Waals surface area contributed by atoms with Gasteiger partial charge in [0.2, 0.25) is 0 Å². The lowest BCUT2D eigenvalue weighted by Crippen LogP contribution is -2.37. The summed E-state index contributed by atoms with van der Waals surface area (Å²) in [5, 5.41) is 12.9. The SMILES string of the molecule is COCCOCC(O)CNC(C)Cc1ccco1. The van der Waals surface area contributed by atoms with Crippen LogP contribution in [0.15, 0.2) is 22.8 Å². The van der Waals surface area contributed by atoms with Gasteiger partial charge in [0.15, 0.2) is 0 Å². The van der Waals surface area contributed by atoms with Crippen LogP contribution in [0.3, 0.4) is 0 Å². The molecule has 1 heterocycles. The van der Waals surface area contributed by atoms with Crippen LogP contribution in [0, 0.1) is 0 Å². The molecule has 1 aromatic rings. The topological polar surface area (TPSA) is 63.9 Å². The maximum atomic E-state index is 9.67. The van der Waals surface area contributed by atoms with Gasteiger partial charge >= 0.3 is 0 Å². The normalized spacial score (nSPS) is 14.6. The molecule has 0 fully saturated rings. The zero-order valence-corrected chi connectivity index (χ0v) is 11.1. The van der Waals surface area contributed by atoms with Crippen molar-refractivity contribution in [3.05, 3.63) is 24.2 Å². The van der Waals surface area contributed by atoms with Crippen molar-refractivity contribution in [2.45, 2.75) is 25.5 Å². The molecule has 18 heavy (non-hydrogen) atoms. The molecule has 0 radical (unpaired) electrons. The summed E-state index contributed by atoms with van der Waals surface area (Å²) in [6.07, 6.45) is 1.98. The fourth-order valence-corrected chi connectivity index (χ4v) is 1.56. The van der Waals surface area contributed by atoms with Crippen LogP contribution < -0.4 is 5.32 Å². The number of aliphatic hydroxyl groups is 1. The van der Waals surface area contributed by atoms with Crippen LogP contribution in [0.4, 0.5) is 0 Å². The molecule has 0 saturated heterocycles. The first-order chi connectivity index (χ1) is 8.72. The number of nitrogens with one attached hydrogen (secondary N) is 1. The molecular weight excluding hydrogens is 234 g/mol. The Hall–Kier alpha value is -0.880. The summed E-state index contributed by atoms with van der Waals surface area (Å²) in [5.41, 5.74) is 0. The second kappa shape index (κ2) is 9.10. The van der Waals surface area contributed by atoms with Crippen molar-refractivity contribution in [1.82, 2.24) is 5.32 Å². The van der Waals surface area contributed by atoms with E-state index in [2.05, 4.69) is 12.2 Å². The Kier molecular flexibility index (Phi) is 7.68. The maximum Gasteiger partial charge on any atom is 0.105 e. The van der Waals surface area contributed by atoms with Gasteiger partial charge in [-0.3, -0.25) is 0 Å². The van der Waals surface area contributed by atoms with Gasteiger partial charge < -0.3 is 24.3 Å². The number of aliphatic hydroxyl groups excluding tert-OH is 1. The molecule has 5 heteroatoms. The second-order valence-corrected chi connectivity index (χ2v) is 4.31. The number of hydrogen-bond donors (Lipinski definition) is 2. The average Bonchev–Trinajstić information content (AvgIpc) is 2.85. The van der Waals surface area contributed by atoms with Gasteiger partial charge in [0.25, 0.3) is 0 Å². The molecule has 0 aromatic carbocycles. The van der Waals surface area contributed by atoms with Crippen LogP contribution in [0.2, 0.25) is 0 Å². The number of hydrogen-bond acceptors (Lipinski definition) is 5. The summed E-state index contributed by atoms with van der Waals surface area (Å²) in [6.45, 7) is 3.95. The van der Waals surface area contributed by atoms with Crippen LogP contribution in [-0.4, -0.2) is 50.7 Å². The lowest BCUT2D eigenvalue weighted by atomic mass is 10.2. The minimum absolute atomic E-state index is 0.254. The van der Waals surface area contributed by atoms with E-state index in [1.54, 1.807) is 13.4 Å². The first-order valence-electron chi connectivity index (χ1n) is 6.23. The van der Waals surface area contributed by atoms with E-state index in [1.165, 1.54) is 0 Å². The van der Waals surface area contributed by atoms with Crippen LogP contribution in [-0.2, 0) is 15.9 Å². The van der Waals surface area contributed by atoms with Crippen molar-refractivity contribution < 1.29 is 19.0 Å². The molecule has 1 aromatic heterocycles. The van der Waals surface area contributed by atoms with Crippen LogP contribution >= 0.6 is 0 Å². The van der Waals surface area contributed by atoms with Crippen molar-refractivity contribution in [3.8, 4) is 0 Å². The highest BCUT2D eigenvalue weighted by Crippen LogP contribution is 2.03. The fraction of sp³-hybridized carbons (Fsp3) is 0.692. The van der Waals surface area contributed by atoms with E-state index >= 15 is 0 Å². The van der Waals surface area contributed by atoms with Crippen molar-refractivity contribution in [2.24, 2.45) is 0 Å². The highest BCUT2D eigenvalue weighted by atomic mass is 16.5. The standard InChI is InChI=1S/C13H23NO4/c1-11(8-13-4-3-5-18-13)14-9-12(15)10-17-7-6-16-2/h3-5,11-12,14-15H,6-10H2,1-2H3. The number of rotatable bonds is 10. The molecule has 0 saturated carbocycles. The van der Waals surface area contributed by atoms with Crippen LogP contribution in [0.1, 0.15) is 12.7 Å². The molecule has 5 nitrogen and oxygen atoms in total. The summed E-state index contributed by atoms with van der Waals surface area (Å²) in [5.74, 6) is 0.945. The van der Waals surface area contributed by atoms with Gasteiger partial charge in [-0.1, -0.05) is 0 Å². The summed E-state index contributed by atoms with van der Waals surface area (Å²) >= 11 is 0. The third kappa shape index (κ3) is 6.76. The Morgan fingerprint density at radius 2 is 2.28 bits per heavy atom. The summed E-state index contributed by atoms with van der Waals surface area (Å²) in [6, 6.07) is 4.08. The minimum Gasteiger partial charge on any atom is -0.469 e. The highest BCUT2D eigenvalue weighted by molar-refractivity contribution is 4.99. The molecule has 0 aliphatic rings. The van der Waals surface area contributed by atoms with E-state index in [9.17, 15) is 5.11 Å². The third-order valence-electron chi connectivity index (χ3n) is 2.53. The van der Waals surface area contributed by atoms with Gasteiger partial charge in [0.1, 0.15) is 5.76 Å².